The van der Waals surface area contributed by atoms with Crippen LogP contribution in [0.2, 0.25) is 0 Å². The van der Waals surface area contributed by atoms with Crippen LogP contribution in [0.4, 0.5) is 0 Å². The van der Waals surface area contributed by atoms with Gasteiger partial charge in [-0.1, -0.05) is 19.3 Å². The van der Waals surface area contributed by atoms with Gasteiger partial charge in [-0.05, 0) is 19.9 Å². The van der Waals surface area contributed by atoms with E-state index in [0.29, 0.717) is 6.42 Å². The molecule has 0 bridgehead atoms. The average molecular weight is 255 g/mol. The fourth-order valence-corrected chi connectivity index (χ4v) is 3.04. The van der Waals surface area contributed by atoms with Gasteiger partial charge >= 0.3 is 5.97 Å². The maximum absolute atomic E-state index is 12.0. The Bertz CT molecular complexity index is 268. The van der Waals surface area contributed by atoms with Crippen LogP contribution < -0.4 is 5.32 Å². The fourth-order valence-electron chi connectivity index (χ4n) is 3.04. The molecular weight excluding hydrogens is 230 g/mol. The summed E-state index contributed by atoms with van der Waals surface area (Å²) in [5.41, 5.74) is -0.0134. The van der Waals surface area contributed by atoms with Crippen LogP contribution in [0, 0.1) is 0 Å². The van der Waals surface area contributed by atoms with Gasteiger partial charge in [-0.3, -0.25) is 4.79 Å². The highest BCUT2D eigenvalue weighted by atomic mass is 16.6. The summed E-state index contributed by atoms with van der Waals surface area (Å²) in [5.74, 6) is -0.0434. The first-order valence-corrected chi connectivity index (χ1v) is 7.20. The molecule has 4 nitrogen and oxygen atoms in total. The fraction of sp³-hybridized carbons (Fsp3) is 0.929. The molecule has 1 aliphatic carbocycles. The summed E-state index contributed by atoms with van der Waals surface area (Å²) in [6.07, 6.45) is 8.18. The van der Waals surface area contributed by atoms with Crippen LogP contribution in [0.15, 0.2) is 0 Å². The smallest absolute Gasteiger partial charge is 0.307 e. The molecule has 0 radical (unpaired) electrons. The Hall–Kier alpha value is -0.610. The minimum Gasteiger partial charge on any atom is -0.462 e. The van der Waals surface area contributed by atoms with Crippen LogP contribution in [-0.2, 0) is 14.3 Å². The quantitative estimate of drug-likeness (QED) is 0.781. The highest BCUT2D eigenvalue weighted by Crippen LogP contribution is 2.31. The van der Waals surface area contributed by atoms with Crippen molar-refractivity contribution in [3.05, 3.63) is 0 Å². The van der Waals surface area contributed by atoms with Gasteiger partial charge in [0.15, 0.2) is 0 Å². The van der Waals surface area contributed by atoms with Crippen molar-refractivity contribution in [2.75, 3.05) is 20.3 Å². The SMILES string of the molecule is CNC1(CC(=O)OC2CCOCC2)CCCCC1. The van der Waals surface area contributed by atoms with Gasteiger partial charge in [-0.15, -0.1) is 0 Å². The molecule has 18 heavy (non-hydrogen) atoms. The van der Waals surface area contributed by atoms with E-state index in [1.54, 1.807) is 0 Å². The van der Waals surface area contributed by atoms with Gasteiger partial charge in [-0.2, -0.15) is 0 Å². The topological polar surface area (TPSA) is 47.6 Å². The molecule has 0 aromatic rings. The number of hydrogen-bond donors (Lipinski definition) is 1. The maximum Gasteiger partial charge on any atom is 0.307 e. The molecule has 2 rings (SSSR count). The zero-order chi connectivity index (χ0) is 12.8. The van der Waals surface area contributed by atoms with Crippen molar-refractivity contribution in [3.63, 3.8) is 0 Å². The molecule has 1 aliphatic heterocycles. The van der Waals surface area contributed by atoms with E-state index in [4.69, 9.17) is 9.47 Å². The Morgan fingerprint density at radius 1 is 1.28 bits per heavy atom. The Labute approximate surface area is 109 Å². The lowest BCUT2D eigenvalue weighted by molar-refractivity contribution is -0.155. The van der Waals surface area contributed by atoms with Gasteiger partial charge in [0.2, 0.25) is 0 Å². The van der Waals surface area contributed by atoms with Crippen molar-refractivity contribution in [2.24, 2.45) is 0 Å². The average Bonchev–Trinajstić information content (AvgIpc) is 2.41. The zero-order valence-corrected chi connectivity index (χ0v) is 11.4. The first kappa shape index (κ1) is 13.8. The van der Waals surface area contributed by atoms with Gasteiger partial charge in [0.05, 0.1) is 19.6 Å². The second-order valence-electron chi connectivity index (χ2n) is 5.57. The molecule has 0 atom stereocenters. The van der Waals surface area contributed by atoms with E-state index in [1.807, 2.05) is 7.05 Å². The minimum atomic E-state index is -0.0434. The van der Waals surface area contributed by atoms with E-state index in [2.05, 4.69) is 5.32 Å². The molecular formula is C14H25NO3. The lowest BCUT2D eigenvalue weighted by atomic mass is 9.79. The summed E-state index contributed by atoms with van der Waals surface area (Å²) in [7, 11) is 1.97. The Balaban J connectivity index is 1.81. The first-order chi connectivity index (χ1) is 8.74. The first-order valence-electron chi connectivity index (χ1n) is 7.20. The third-order valence-electron chi connectivity index (χ3n) is 4.29. The molecule has 0 spiro atoms. The van der Waals surface area contributed by atoms with Gasteiger partial charge in [0.1, 0.15) is 6.10 Å². The third kappa shape index (κ3) is 3.69. The predicted octanol–water partition coefficient (Wildman–Crippen LogP) is 2.02. The second-order valence-corrected chi connectivity index (χ2v) is 5.57. The predicted molar refractivity (Wildman–Crippen MR) is 69.4 cm³/mol. The van der Waals surface area contributed by atoms with Crippen molar-refractivity contribution >= 4 is 5.97 Å². The van der Waals surface area contributed by atoms with Crippen LogP contribution in [0.3, 0.4) is 0 Å². The van der Waals surface area contributed by atoms with Crippen LogP contribution in [0.5, 0.6) is 0 Å². The molecule has 4 heteroatoms. The monoisotopic (exact) mass is 255 g/mol. The molecule has 0 aromatic carbocycles. The molecule has 1 heterocycles. The summed E-state index contributed by atoms with van der Waals surface area (Å²) >= 11 is 0. The number of carbonyl (C=O) groups excluding carboxylic acids is 1. The van der Waals surface area contributed by atoms with E-state index in [0.717, 1.165) is 38.9 Å². The van der Waals surface area contributed by atoms with Crippen molar-refractivity contribution < 1.29 is 14.3 Å². The summed E-state index contributed by atoms with van der Waals surface area (Å²) in [6, 6.07) is 0. The maximum atomic E-state index is 12.0. The van der Waals surface area contributed by atoms with Crippen molar-refractivity contribution in [1.29, 1.82) is 0 Å². The normalized spacial score (nSPS) is 24.7. The summed E-state index contributed by atoms with van der Waals surface area (Å²) in [5, 5.41) is 3.36. The molecule has 2 aliphatic rings. The summed E-state index contributed by atoms with van der Waals surface area (Å²) < 4.78 is 10.8. The van der Waals surface area contributed by atoms with Gasteiger partial charge in [0.25, 0.3) is 0 Å². The third-order valence-corrected chi connectivity index (χ3v) is 4.29. The van der Waals surface area contributed by atoms with Gasteiger partial charge in [0, 0.05) is 18.4 Å². The zero-order valence-electron chi connectivity index (χ0n) is 11.4. The van der Waals surface area contributed by atoms with Crippen LogP contribution >= 0.6 is 0 Å². The van der Waals surface area contributed by atoms with E-state index in [1.165, 1.54) is 19.3 Å². The lowest BCUT2D eigenvalue weighted by Crippen LogP contribution is -2.47. The minimum absolute atomic E-state index is 0.0134. The molecule has 0 amide bonds. The van der Waals surface area contributed by atoms with Crippen LogP contribution in [0.25, 0.3) is 0 Å². The number of ether oxygens (including phenoxy) is 2. The number of esters is 1. The number of rotatable bonds is 4. The second kappa shape index (κ2) is 6.53. The molecule has 0 unspecified atom stereocenters. The van der Waals surface area contributed by atoms with Gasteiger partial charge in [-0.25, -0.2) is 0 Å². The van der Waals surface area contributed by atoms with E-state index in [-0.39, 0.29) is 17.6 Å². The highest BCUT2D eigenvalue weighted by Gasteiger charge is 2.34. The van der Waals surface area contributed by atoms with Crippen molar-refractivity contribution in [2.45, 2.75) is 63.0 Å². The largest absolute Gasteiger partial charge is 0.462 e. The molecule has 1 N–H and O–H groups in total. The molecule has 1 saturated heterocycles. The summed E-state index contributed by atoms with van der Waals surface area (Å²) in [4.78, 5) is 12.0. The van der Waals surface area contributed by atoms with E-state index >= 15 is 0 Å². The summed E-state index contributed by atoms with van der Waals surface area (Å²) in [6.45, 7) is 1.43. The standard InChI is InChI=1S/C14H25NO3/c1-15-14(7-3-2-4-8-14)11-13(16)18-12-5-9-17-10-6-12/h12,15H,2-11H2,1H3. The molecule has 2 fully saturated rings. The molecule has 104 valence electrons. The highest BCUT2D eigenvalue weighted by molar-refractivity contribution is 5.71. The van der Waals surface area contributed by atoms with E-state index < -0.39 is 0 Å². The van der Waals surface area contributed by atoms with Gasteiger partial charge < -0.3 is 14.8 Å². The number of carbonyl (C=O) groups is 1. The lowest BCUT2D eigenvalue weighted by Gasteiger charge is -2.36. The van der Waals surface area contributed by atoms with Crippen LogP contribution in [-0.4, -0.2) is 37.9 Å². The number of nitrogens with one attached hydrogen (secondary N) is 1. The Kier molecular flexibility index (Phi) is 5.01. The number of hydrogen-bond acceptors (Lipinski definition) is 4. The van der Waals surface area contributed by atoms with Crippen molar-refractivity contribution in [3.8, 4) is 0 Å². The van der Waals surface area contributed by atoms with Crippen LogP contribution in [0.1, 0.15) is 51.4 Å². The molecule has 0 aromatic heterocycles. The van der Waals surface area contributed by atoms with Crippen molar-refractivity contribution in [1.82, 2.24) is 5.32 Å². The molecule has 1 saturated carbocycles. The van der Waals surface area contributed by atoms with E-state index in [9.17, 15) is 4.79 Å². The Morgan fingerprint density at radius 3 is 2.56 bits per heavy atom. The Morgan fingerprint density at radius 2 is 1.94 bits per heavy atom.